The van der Waals surface area contributed by atoms with Gasteiger partial charge in [0.2, 0.25) is 5.91 Å². The second-order valence-corrected chi connectivity index (χ2v) is 6.77. The maximum absolute atomic E-state index is 12.3. The highest BCUT2D eigenvalue weighted by molar-refractivity contribution is 14.0. The molecular formula is C21H37IN4O2. The molecule has 0 radical (unpaired) electrons. The molecule has 0 saturated heterocycles. The number of hydrogen-bond acceptors (Lipinski definition) is 3. The lowest BCUT2D eigenvalue weighted by atomic mass is 10.1. The zero-order valence-electron chi connectivity index (χ0n) is 18.2. The van der Waals surface area contributed by atoms with Crippen LogP contribution in [0.5, 0.6) is 0 Å². The molecule has 7 heteroatoms. The number of carbonyl (C=O) groups excluding carboxylic acids is 1. The minimum atomic E-state index is 0. The second-order valence-electron chi connectivity index (χ2n) is 6.77. The van der Waals surface area contributed by atoms with Crippen LogP contribution in [0.4, 0.5) is 0 Å². The van der Waals surface area contributed by atoms with Crippen LogP contribution in [-0.4, -0.2) is 61.0 Å². The summed E-state index contributed by atoms with van der Waals surface area (Å²) in [5.41, 5.74) is 2.28. The van der Waals surface area contributed by atoms with Crippen molar-refractivity contribution in [2.45, 2.75) is 53.9 Å². The summed E-state index contributed by atoms with van der Waals surface area (Å²) in [6, 6.07) is 8.31. The highest BCUT2D eigenvalue weighted by atomic mass is 127. The molecular weight excluding hydrogens is 467 g/mol. The normalized spacial score (nSPS) is 11.2. The third-order valence-corrected chi connectivity index (χ3v) is 4.20. The molecule has 0 aromatic heterocycles. The Balaban J connectivity index is 0.00000729. The van der Waals surface area contributed by atoms with Crippen molar-refractivity contribution in [3.8, 4) is 0 Å². The maximum Gasteiger partial charge on any atom is 0.242 e. The Hall–Kier alpha value is -1.35. The molecule has 0 bridgehead atoms. The highest BCUT2D eigenvalue weighted by Gasteiger charge is 2.14. The van der Waals surface area contributed by atoms with Gasteiger partial charge in [0.05, 0.1) is 25.8 Å². The topological polar surface area (TPSA) is 57.2 Å². The quantitative estimate of drug-likeness (QED) is 0.301. The molecule has 1 aromatic rings. The number of nitrogens with zero attached hydrogens (tertiary/aromatic N) is 3. The molecule has 0 aliphatic heterocycles. The summed E-state index contributed by atoms with van der Waals surface area (Å²) in [4.78, 5) is 20.7. The number of aliphatic imine (C=N–C) groups is 1. The van der Waals surface area contributed by atoms with Gasteiger partial charge in [0.1, 0.15) is 0 Å². The maximum atomic E-state index is 12.3. The first-order valence-corrected chi connectivity index (χ1v) is 9.87. The van der Waals surface area contributed by atoms with E-state index in [4.69, 9.17) is 4.74 Å². The highest BCUT2D eigenvalue weighted by Crippen LogP contribution is 2.08. The number of nitrogens with one attached hydrogen (secondary N) is 1. The molecule has 0 aliphatic carbocycles. The van der Waals surface area contributed by atoms with Gasteiger partial charge in [-0.25, -0.2) is 4.99 Å². The van der Waals surface area contributed by atoms with Crippen molar-refractivity contribution in [1.82, 2.24) is 15.1 Å². The van der Waals surface area contributed by atoms with Crippen molar-refractivity contribution < 1.29 is 9.53 Å². The number of hydrogen-bond donors (Lipinski definition) is 1. The third-order valence-electron chi connectivity index (χ3n) is 4.20. The lowest BCUT2D eigenvalue weighted by molar-refractivity contribution is -0.131. The lowest BCUT2D eigenvalue weighted by Crippen LogP contribution is -2.45. The van der Waals surface area contributed by atoms with Gasteiger partial charge in [-0.3, -0.25) is 4.79 Å². The Labute approximate surface area is 187 Å². The van der Waals surface area contributed by atoms with Crippen molar-refractivity contribution in [3.05, 3.63) is 35.4 Å². The molecule has 0 atom stereocenters. The molecule has 28 heavy (non-hydrogen) atoms. The molecule has 6 nitrogen and oxygen atoms in total. The van der Waals surface area contributed by atoms with Gasteiger partial charge in [0.15, 0.2) is 5.96 Å². The zero-order valence-corrected chi connectivity index (χ0v) is 20.5. The predicted octanol–water partition coefficient (Wildman–Crippen LogP) is 3.50. The monoisotopic (exact) mass is 504 g/mol. The number of halogens is 1. The van der Waals surface area contributed by atoms with E-state index >= 15 is 0 Å². The van der Waals surface area contributed by atoms with Crippen LogP contribution in [0.3, 0.4) is 0 Å². The van der Waals surface area contributed by atoms with Gasteiger partial charge < -0.3 is 19.9 Å². The summed E-state index contributed by atoms with van der Waals surface area (Å²) in [6.07, 6.45) is 0.228. The Morgan fingerprint density at radius 2 is 1.68 bits per heavy atom. The SMILES string of the molecule is CCNC(=NCc1ccc(COC(C)C)cc1)N(C)CC(=O)N(CC)CC.I. The molecule has 0 heterocycles. The third kappa shape index (κ3) is 9.73. The fourth-order valence-electron chi connectivity index (χ4n) is 2.59. The molecule has 0 fully saturated rings. The van der Waals surface area contributed by atoms with Gasteiger partial charge in [0.25, 0.3) is 0 Å². The molecule has 1 N–H and O–H groups in total. The van der Waals surface area contributed by atoms with E-state index in [1.54, 1.807) is 0 Å². The first kappa shape index (κ1) is 26.6. The van der Waals surface area contributed by atoms with Gasteiger partial charge in [-0.15, -0.1) is 24.0 Å². The van der Waals surface area contributed by atoms with Crippen molar-refractivity contribution in [2.75, 3.05) is 33.2 Å². The number of rotatable bonds is 10. The number of carbonyl (C=O) groups is 1. The molecule has 1 aromatic carbocycles. The molecule has 0 aliphatic rings. The predicted molar refractivity (Wildman–Crippen MR) is 127 cm³/mol. The minimum absolute atomic E-state index is 0. The number of likely N-dealkylation sites (N-methyl/N-ethyl adjacent to an activating group) is 2. The van der Waals surface area contributed by atoms with Gasteiger partial charge in [-0.05, 0) is 45.7 Å². The van der Waals surface area contributed by atoms with Crippen molar-refractivity contribution >= 4 is 35.8 Å². The average Bonchev–Trinajstić information content (AvgIpc) is 2.65. The van der Waals surface area contributed by atoms with Crippen LogP contribution in [0.2, 0.25) is 0 Å². The van der Waals surface area contributed by atoms with Crippen LogP contribution in [0.25, 0.3) is 0 Å². The average molecular weight is 504 g/mol. The fourth-order valence-corrected chi connectivity index (χ4v) is 2.59. The standard InChI is InChI=1S/C21H36N4O2.HI/c1-7-22-21(24(6)15-20(26)25(8-2)9-3)23-14-18-10-12-19(13-11-18)16-27-17(4)5;/h10-13,17H,7-9,14-16H2,1-6H3,(H,22,23);1H. The van der Waals surface area contributed by atoms with E-state index in [0.29, 0.717) is 19.7 Å². The van der Waals surface area contributed by atoms with Crippen LogP contribution >= 0.6 is 24.0 Å². The van der Waals surface area contributed by atoms with E-state index in [2.05, 4.69) is 34.6 Å². The van der Waals surface area contributed by atoms with Gasteiger partial charge >= 0.3 is 0 Å². The van der Waals surface area contributed by atoms with Crippen molar-refractivity contribution in [2.24, 2.45) is 4.99 Å². The molecule has 160 valence electrons. The van der Waals surface area contributed by atoms with E-state index < -0.39 is 0 Å². The van der Waals surface area contributed by atoms with Gasteiger partial charge in [-0.1, -0.05) is 24.3 Å². The van der Waals surface area contributed by atoms with Crippen LogP contribution in [0.15, 0.2) is 29.3 Å². The lowest BCUT2D eigenvalue weighted by Gasteiger charge is -2.25. The summed E-state index contributed by atoms with van der Waals surface area (Å²) in [5.74, 6) is 0.854. The number of ether oxygens (including phenoxy) is 1. The summed E-state index contributed by atoms with van der Waals surface area (Å²) >= 11 is 0. The van der Waals surface area contributed by atoms with Crippen molar-refractivity contribution in [3.63, 3.8) is 0 Å². The molecule has 0 unspecified atom stereocenters. The van der Waals surface area contributed by atoms with E-state index in [9.17, 15) is 4.79 Å². The number of guanidine groups is 1. The van der Waals surface area contributed by atoms with Crippen LogP contribution in [-0.2, 0) is 22.7 Å². The Bertz CT molecular complexity index is 587. The second kappa shape index (κ2) is 14.6. The Morgan fingerprint density at radius 1 is 1.11 bits per heavy atom. The Morgan fingerprint density at radius 3 is 2.18 bits per heavy atom. The van der Waals surface area contributed by atoms with E-state index in [-0.39, 0.29) is 36.0 Å². The van der Waals surface area contributed by atoms with Gasteiger partial charge in [-0.2, -0.15) is 0 Å². The van der Waals surface area contributed by atoms with Crippen LogP contribution in [0.1, 0.15) is 45.7 Å². The zero-order chi connectivity index (χ0) is 20.2. The summed E-state index contributed by atoms with van der Waals surface area (Å²) in [5, 5.41) is 3.26. The largest absolute Gasteiger partial charge is 0.374 e. The molecule has 0 saturated carbocycles. The van der Waals surface area contributed by atoms with Crippen molar-refractivity contribution in [1.29, 1.82) is 0 Å². The minimum Gasteiger partial charge on any atom is -0.374 e. The first-order chi connectivity index (χ1) is 12.9. The first-order valence-electron chi connectivity index (χ1n) is 9.87. The summed E-state index contributed by atoms with van der Waals surface area (Å²) in [6.45, 7) is 13.8. The van der Waals surface area contributed by atoms with E-state index in [1.807, 2.05) is 51.5 Å². The smallest absolute Gasteiger partial charge is 0.242 e. The van der Waals surface area contributed by atoms with Crippen LogP contribution < -0.4 is 5.32 Å². The van der Waals surface area contributed by atoms with Crippen LogP contribution in [0, 0.1) is 0 Å². The Kier molecular flexibility index (Phi) is 13.9. The fraction of sp³-hybridized carbons (Fsp3) is 0.619. The summed E-state index contributed by atoms with van der Waals surface area (Å²) in [7, 11) is 1.90. The molecule has 0 spiro atoms. The number of amides is 1. The molecule has 1 rings (SSSR count). The van der Waals surface area contributed by atoms with E-state index in [1.165, 1.54) is 0 Å². The summed E-state index contributed by atoms with van der Waals surface area (Å²) < 4.78 is 5.62. The number of benzene rings is 1. The van der Waals surface area contributed by atoms with Gasteiger partial charge in [0, 0.05) is 26.7 Å². The van der Waals surface area contributed by atoms with E-state index in [0.717, 1.165) is 36.7 Å². The molecule has 1 amide bonds.